The minimum atomic E-state index is -3.75. The third kappa shape index (κ3) is 5.32. The zero-order valence-electron chi connectivity index (χ0n) is 20.0. The maximum Gasteiger partial charge on any atom is 0.255 e. The standard InChI is InChI=1S/C27H33N3O3S/c1-18(2)16-20-17-28-15-14-24(20)30-34(32,33)26-13-12-25(22-10-6-7-11-23(22)26)29-27(31)21-9-5-4-8-19(21)3/h4-13,18,20,24,28,30H,14-17H2,1-3H3,(H,29,31)/t20-,24+/m1/s1. The first-order valence-electron chi connectivity index (χ1n) is 11.9. The predicted molar refractivity (Wildman–Crippen MR) is 138 cm³/mol. The number of carbonyl (C=O) groups excluding carboxylic acids is 1. The van der Waals surface area contributed by atoms with E-state index in [4.69, 9.17) is 0 Å². The topological polar surface area (TPSA) is 87.3 Å². The van der Waals surface area contributed by atoms with E-state index in [0.717, 1.165) is 31.5 Å². The van der Waals surface area contributed by atoms with Gasteiger partial charge in [-0.15, -0.1) is 0 Å². The number of benzene rings is 3. The molecule has 4 rings (SSSR count). The fourth-order valence-corrected chi connectivity index (χ4v) is 6.38. The molecule has 1 aliphatic rings. The molecule has 1 fully saturated rings. The number of fused-ring (bicyclic) bond motifs is 1. The Kier molecular flexibility index (Phi) is 7.36. The normalized spacial score (nSPS) is 18.8. The van der Waals surface area contributed by atoms with Gasteiger partial charge in [-0.25, -0.2) is 13.1 Å². The second-order valence-electron chi connectivity index (χ2n) is 9.54. The lowest BCUT2D eigenvalue weighted by Crippen LogP contribution is -2.49. The van der Waals surface area contributed by atoms with Crippen LogP contribution in [0.4, 0.5) is 5.69 Å². The lowest BCUT2D eigenvalue weighted by molar-refractivity contribution is 0.102. The number of carbonyl (C=O) groups is 1. The summed E-state index contributed by atoms with van der Waals surface area (Å²) in [6.07, 6.45) is 1.73. The molecular formula is C27H33N3O3S. The van der Waals surface area contributed by atoms with Crippen molar-refractivity contribution in [2.45, 2.75) is 44.6 Å². The van der Waals surface area contributed by atoms with Crippen molar-refractivity contribution in [3.8, 4) is 0 Å². The number of hydrogen-bond donors (Lipinski definition) is 3. The van der Waals surface area contributed by atoms with Crippen molar-refractivity contribution in [3.63, 3.8) is 0 Å². The van der Waals surface area contributed by atoms with Crippen molar-refractivity contribution >= 4 is 32.4 Å². The maximum absolute atomic E-state index is 13.5. The quantitative estimate of drug-likeness (QED) is 0.458. The molecular weight excluding hydrogens is 446 g/mol. The molecule has 3 aromatic rings. The molecule has 1 amide bonds. The molecule has 0 aromatic heterocycles. The van der Waals surface area contributed by atoms with Gasteiger partial charge in [-0.2, -0.15) is 0 Å². The van der Waals surface area contributed by atoms with Crippen LogP contribution in [0, 0.1) is 18.8 Å². The van der Waals surface area contributed by atoms with E-state index in [1.54, 1.807) is 24.3 Å². The van der Waals surface area contributed by atoms with Crippen LogP contribution in [-0.4, -0.2) is 33.5 Å². The monoisotopic (exact) mass is 479 g/mol. The second-order valence-corrected chi connectivity index (χ2v) is 11.2. The van der Waals surface area contributed by atoms with Crippen molar-refractivity contribution in [3.05, 3.63) is 71.8 Å². The minimum absolute atomic E-state index is 0.104. The highest BCUT2D eigenvalue weighted by molar-refractivity contribution is 7.89. The smallest absolute Gasteiger partial charge is 0.255 e. The van der Waals surface area contributed by atoms with Crippen molar-refractivity contribution in [2.24, 2.45) is 11.8 Å². The molecule has 1 heterocycles. The Hall–Kier alpha value is -2.74. The number of piperidine rings is 1. The number of rotatable bonds is 7. The Balaban J connectivity index is 1.65. The summed E-state index contributed by atoms with van der Waals surface area (Å²) in [5.41, 5.74) is 2.06. The predicted octanol–water partition coefficient (Wildman–Crippen LogP) is 4.70. The van der Waals surface area contributed by atoms with E-state index in [1.807, 2.05) is 43.3 Å². The van der Waals surface area contributed by atoms with E-state index in [1.165, 1.54) is 0 Å². The zero-order chi connectivity index (χ0) is 24.3. The fraction of sp³-hybridized carbons (Fsp3) is 0.370. The summed E-state index contributed by atoms with van der Waals surface area (Å²) in [7, 11) is -3.75. The first-order chi connectivity index (χ1) is 16.3. The Bertz CT molecular complexity index is 1290. The molecule has 0 spiro atoms. The largest absolute Gasteiger partial charge is 0.321 e. The second kappa shape index (κ2) is 10.3. The van der Waals surface area contributed by atoms with Crippen LogP contribution in [0.2, 0.25) is 0 Å². The molecule has 180 valence electrons. The fourth-order valence-electron chi connectivity index (χ4n) is 4.83. The summed E-state index contributed by atoms with van der Waals surface area (Å²) in [5, 5.41) is 7.64. The van der Waals surface area contributed by atoms with E-state index in [-0.39, 0.29) is 22.8 Å². The molecule has 0 aliphatic carbocycles. The van der Waals surface area contributed by atoms with Gasteiger partial charge in [-0.05, 0) is 68.5 Å². The first kappa shape index (κ1) is 24.4. The van der Waals surface area contributed by atoms with Gasteiger partial charge in [0.1, 0.15) is 0 Å². The summed E-state index contributed by atoms with van der Waals surface area (Å²) in [6.45, 7) is 7.83. The van der Waals surface area contributed by atoms with E-state index in [0.29, 0.717) is 27.9 Å². The molecule has 0 saturated carbocycles. The van der Waals surface area contributed by atoms with E-state index in [2.05, 4.69) is 29.2 Å². The molecule has 0 unspecified atom stereocenters. The van der Waals surface area contributed by atoms with Gasteiger partial charge in [-0.1, -0.05) is 56.3 Å². The summed E-state index contributed by atoms with van der Waals surface area (Å²) >= 11 is 0. The number of sulfonamides is 1. The third-order valence-corrected chi connectivity index (χ3v) is 8.05. The highest BCUT2D eigenvalue weighted by Gasteiger charge is 2.30. The van der Waals surface area contributed by atoms with Crippen LogP contribution in [0.25, 0.3) is 10.8 Å². The van der Waals surface area contributed by atoms with Crippen LogP contribution in [0.3, 0.4) is 0 Å². The molecule has 1 aliphatic heterocycles. The summed E-state index contributed by atoms with van der Waals surface area (Å²) in [6, 6.07) is 17.9. The number of aryl methyl sites for hydroxylation is 1. The van der Waals surface area contributed by atoms with Crippen LogP contribution in [0.5, 0.6) is 0 Å². The van der Waals surface area contributed by atoms with Crippen molar-refractivity contribution in [1.82, 2.24) is 10.0 Å². The number of amides is 1. The Morgan fingerprint density at radius 2 is 1.74 bits per heavy atom. The number of hydrogen-bond acceptors (Lipinski definition) is 4. The summed E-state index contributed by atoms with van der Waals surface area (Å²) in [4.78, 5) is 13.1. The third-order valence-electron chi connectivity index (χ3n) is 6.50. The Labute approximate surface area is 202 Å². The average Bonchev–Trinajstić information content (AvgIpc) is 2.80. The summed E-state index contributed by atoms with van der Waals surface area (Å²) in [5.74, 6) is 0.527. The van der Waals surface area contributed by atoms with Gasteiger partial charge in [0.2, 0.25) is 10.0 Å². The lowest BCUT2D eigenvalue weighted by atomic mass is 9.87. The molecule has 1 saturated heterocycles. The SMILES string of the molecule is Cc1ccccc1C(=O)Nc1ccc(S(=O)(=O)N[C@H]2CCNC[C@H]2CC(C)C)c2ccccc12. The summed E-state index contributed by atoms with van der Waals surface area (Å²) < 4.78 is 30.1. The molecule has 34 heavy (non-hydrogen) atoms. The molecule has 3 aromatic carbocycles. The van der Waals surface area contributed by atoms with Crippen LogP contribution >= 0.6 is 0 Å². The van der Waals surface area contributed by atoms with Gasteiger partial charge in [0, 0.05) is 28.1 Å². The molecule has 0 bridgehead atoms. The first-order valence-corrected chi connectivity index (χ1v) is 13.4. The van der Waals surface area contributed by atoms with Gasteiger partial charge in [0.05, 0.1) is 4.90 Å². The molecule has 3 N–H and O–H groups in total. The zero-order valence-corrected chi connectivity index (χ0v) is 20.8. The van der Waals surface area contributed by atoms with Gasteiger partial charge < -0.3 is 10.6 Å². The number of nitrogens with one attached hydrogen (secondary N) is 3. The van der Waals surface area contributed by atoms with Crippen LogP contribution in [-0.2, 0) is 10.0 Å². The molecule has 6 nitrogen and oxygen atoms in total. The van der Waals surface area contributed by atoms with E-state index >= 15 is 0 Å². The average molecular weight is 480 g/mol. The Morgan fingerprint density at radius 1 is 1.03 bits per heavy atom. The molecule has 2 atom stereocenters. The molecule has 0 radical (unpaired) electrons. The van der Waals surface area contributed by atoms with E-state index < -0.39 is 10.0 Å². The van der Waals surface area contributed by atoms with Crippen LogP contribution < -0.4 is 15.4 Å². The van der Waals surface area contributed by atoms with Crippen molar-refractivity contribution in [1.29, 1.82) is 0 Å². The Morgan fingerprint density at radius 3 is 2.47 bits per heavy atom. The highest BCUT2D eigenvalue weighted by atomic mass is 32.2. The van der Waals surface area contributed by atoms with Gasteiger partial charge in [0.25, 0.3) is 5.91 Å². The minimum Gasteiger partial charge on any atom is -0.321 e. The molecule has 7 heteroatoms. The maximum atomic E-state index is 13.5. The van der Waals surface area contributed by atoms with E-state index in [9.17, 15) is 13.2 Å². The van der Waals surface area contributed by atoms with Crippen molar-refractivity contribution < 1.29 is 13.2 Å². The van der Waals surface area contributed by atoms with Gasteiger partial charge in [-0.3, -0.25) is 4.79 Å². The lowest BCUT2D eigenvalue weighted by Gasteiger charge is -2.33. The van der Waals surface area contributed by atoms with Crippen LogP contribution in [0.1, 0.15) is 42.6 Å². The van der Waals surface area contributed by atoms with Crippen LogP contribution in [0.15, 0.2) is 65.6 Å². The highest BCUT2D eigenvalue weighted by Crippen LogP contribution is 2.31. The van der Waals surface area contributed by atoms with Crippen molar-refractivity contribution in [2.75, 3.05) is 18.4 Å². The van der Waals surface area contributed by atoms with Gasteiger partial charge >= 0.3 is 0 Å². The number of anilines is 1. The van der Waals surface area contributed by atoms with Gasteiger partial charge in [0.15, 0.2) is 0 Å².